The van der Waals surface area contributed by atoms with Gasteiger partial charge < -0.3 is 9.73 Å². The molecule has 12 nitrogen and oxygen atoms in total. The van der Waals surface area contributed by atoms with E-state index in [2.05, 4.69) is 65.6 Å². The average Bonchev–Trinajstić information content (AvgIpc) is 3.71. The first-order valence-corrected chi connectivity index (χ1v) is 18.1. The van der Waals surface area contributed by atoms with Crippen molar-refractivity contribution in [2.24, 2.45) is 14.1 Å². The van der Waals surface area contributed by atoms with Gasteiger partial charge in [0.15, 0.2) is 0 Å². The predicted molar refractivity (Wildman–Crippen MR) is 211 cm³/mol. The van der Waals surface area contributed by atoms with Crippen LogP contribution in [0.3, 0.4) is 0 Å². The van der Waals surface area contributed by atoms with Crippen molar-refractivity contribution in [3.63, 3.8) is 0 Å². The Labute approximate surface area is 320 Å². The van der Waals surface area contributed by atoms with Crippen LogP contribution in [0.15, 0.2) is 88.5 Å². The zero-order chi connectivity index (χ0) is 39.2. The van der Waals surface area contributed by atoms with Gasteiger partial charge in [0, 0.05) is 66.4 Å². The van der Waals surface area contributed by atoms with Crippen LogP contribution in [0.1, 0.15) is 71.3 Å². The molecule has 1 saturated heterocycles. The molecule has 3 amide bonds. The monoisotopic (exact) mass is 741 g/mol. The average molecular weight is 742 g/mol. The standard InChI is InChI=1S/C44H35N7O5/c1-24(2)32-16-28(18-38-41(32)51(4)44(55)50(38)3)30-9-5-7-26-17-37(48-22-34(26)30)27-10-12-36(47-21-27)43(54)46-14-6-8-25-15-33-35(23-56-39(33)19-29(25)20-45)31-11-13-40(52)49-42(31)53/h5,7,9-10,12,15-19,21-24,31H,11,13-14H2,1-4H3,(H,46,54)(H,49,52,53). The highest BCUT2D eigenvalue weighted by atomic mass is 16.3. The van der Waals surface area contributed by atoms with E-state index in [-0.39, 0.29) is 42.1 Å². The first-order valence-electron chi connectivity index (χ1n) is 18.1. The molecule has 4 aromatic heterocycles. The summed E-state index contributed by atoms with van der Waals surface area (Å²) in [6.07, 6.45) is 5.52. The van der Waals surface area contributed by atoms with Gasteiger partial charge in [-0.15, -0.1) is 0 Å². The summed E-state index contributed by atoms with van der Waals surface area (Å²) in [6, 6.07) is 21.1. The molecular formula is C44H35N7O5. The lowest BCUT2D eigenvalue weighted by Gasteiger charge is -2.19. The summed E-state index contributed by atoms with van der Waals surface area (Å²) in [5, 5.41) is 17.4. The van der Waals surface area contributed by atoms with Crippen molar-refractivity contribution in [1.29, 1.82) is 5.26 Å². The van der Waals surface area contributed by atoms with E-state index in [1.165, 1.54) is 6.26 Å². The third-order valence-electron chi connectivity index (χ3n) is 10.4. The van der Waals surface area contributed by atoms with Gasteiger partial charge in [-0.2, -0.15) is 5.26 Å². The van der Waals surface area contributed by atoms with E-state index in [9.17, 15) is 24.4 Å². The Morgan fingerprint density at radius 2 is 1.82 bits per heavy atom. The number of piperidine rings is 1. The van der Waals surface area contributed by atoms with Crippen molar-refractivity contribution >= 4 is 50.5 Å². The summed E-state index contributed by atoms with van der Waals surface area (Å²) in [7, 11) is 3.61. The number of carbonyl (C=O) groups excluding carboxylic acids is 3. The molecule has 1 fully saturated rings. The van der Waals surface area contributed by atoms with Crippen LogP contribution in [0.2, 0.25) is 0 Å². The molecule has 8 rings (SSSR count). The maximum atomic E-state index is 13.0. The van der Waals surface area contributed by atoms with Crippen molar-refractivity contribution < 1.29 is 18.8 Å². The van der Waals surface area contributed by atoms with Gasteiger partial charge in [0.2, 0.25) is 11.8 Å². The van der Waals surface area contributed by atoms with Crippen LogP contribution in [-0.2, 0) is 23.7 Å². The van der Waals surface area contributed by atoms with Gasteiger partial charge in [0.25, 0.3) is 5.91 Å². The summed E-state index contributed by atoms with van der Waals surface area (Å²) in [5.74, 6) is 4.40. The Morgan fingerprint density at radius 3 is 2.57 bits per heavy atom. The highest BCUT2D eigenvalue weighted by molar-refractivity contribution is 6.03. The second kappa shape index (κ2) is 14.2. The predicted octanol–water partition coefficient (Wildman–Crippen LogP) is 6.20. The maximum absolute atomic E-state index is 13.0. The molecule has 7 aromatic rings. The van der Waals surface area contributed by atoms with Crippen molar-refractivity contribution in [2.75, 3.05) is 6.54 Å². The Hall–Kier alpha value is -7.31. The van der Waals surface area contributed by atoms with Crippen molar-refractivity contribution in [1.82, 2.24) is 29.7 Å². The number of hydrogen-bond acceptors (Lipinski definition) is 8. The van der Waals surface area contributed by atoms with E-state index in [1.54, 1.807) is 46.6 Å². The number of furan rings is 1. The first kappa shape index (κ1) is 35.7. The topological polar surface area (TPSA) is 165 Å². The number of aryl methyl sites for hydroxylation is 2. The number of imidazole rings is 1. The third-order valence-corrected chi connectivity index (χ3v) is 10.4. The molecule has 0 spiro atoms. The fourth-order valence-corrected chi connectivity index (χ4v) is 7.45. The first-order chi connectivity index (χ1) is 27.0. The van der Waals surface area contributed by atoms with E-state index in [0.717, 1.165) is 44.1 Å². The van der Waals surface area contributed by atoms with Gasteiger partial charge in [-0.3, -0.25) is 38.8 Å². The molecule has 0 saturated carbocycles. The quantitative estimate of drug-likeness (QED) is 0.150. The van der Waals surface area contributed by atoms with Crippen LogP contribution >= 0.6 is 0 Å². The number of nitrogens with zero attached hydrogens (tertiary/aromatic N) is 5. The van der Waals surface area contributed by atoms with Crippen LogP contribution in [0, 0.1) is 23.2 Å². The number of nitriles is 1. The van der Waals surface area contributed by atoms with Crippen LogP contribution in [0.4, 0.5) is 0 Å². The number of aromatic nitrogens is 4. The highest BCUT2D eigenvalue weighted by Crippen LogP contribution is 2.36. The molecule has 1 aliphatic heterocycles. The van der Waals surface area contributed by atoms with Gasteiger partial charge in [-0.05, 0) is 70.8 Å². The van der Waals surface area contributed by atoms with E-state index < -0.39 is 11.8 Å². The fourth-order valence-electron chi connectivity index (χ4n) is 7.45. The molecule has 5 heterocycles. The summed E-state index contributed by atoms with van der Waals surface area (Å²) < 4.78 is 9.05. The van der Waals surface area contributed by atoms with Crippen LogP contribution in [0.25, 0.3) is 55.2 Å². The lowest BCUT2D eigenvalue weighted by molar-refractivity contribution is -0.134. The Morgan fingerprint density at radius 1 is 0.982 bits per heavy atom. The lowest BCUT2D eigenvalue weighted by atomic mass is 9.89. The van der Waals surface area contributed by atoms with E-state index in [4.69, 9.17) is 9.40 Å². The van der Waals surface area contributed by atoms with E-state index >= 15 is 0 Å². The second-order valence-corrected chi connectivity index (χ2v) is 14.2. The van der Waals surface area contributed by atoms with Crippen molar-refractivity contribution in [3.8, 4) is 40.3 Å². The maximum Gasteiger partial charge on any atom is 0.328 e. The highest BCUT2D eigenvalue weighted by Gasteiger charge is 2.30. The van der Waals surface area contributed by atoms with Gasteiger partial charge in [0.05, 0.1) is 41.0 Å². The number of pyridine rings is 2. The minimum absolute atomic E-state index is 0.00268. The van der Waals surface area contributed by atoms with Crippen molar-refractivity contribution in [2.45, 2.75) is 38.5 Å². The summed E-state index contributed by atoms with van der Waals surface area (Å²) >= 11 is 0. The Bertz CT molecular complexity index is 2950. The van der Waals surface area contributed by atoms with Crippen LogP contribution < -0.4 is 16.3 Å². The molecule has 0 bridgehead atoms. The molecule has 0 radical (unpaired) electrons. The number of imide groups is 1. The second-order valence-electron chi connectivity index (χ2n) is 14.2. The minimum atomic E-state index is -0.551. The normalized spacial score (nSPS) is 14.2. The van der Waals surface area contributed by atoms with Gasteiger partial charge in [-0.25, -0.2) is 4.79 Å². The van der Waals surface area contributed by atoms with Crippen LogP contribution in [0.5, 0.6) is 0 Å². The van der Waals surface area contributed by atoms with Gasteiger partial charge in [-0.1, -0.05) is 43.9 Å². The van der Waals surface area contributed by atoms with E-state index in [1.807, 2.05) is 31.4 Å². The Balaban J connectivity index is 0.986. The molecule has 0 aliphatic carbocycles. The lowest BCUT2D eigenvalue weighted by Crippen LogP contribution is -2.39. The minimum Gasteiger partial charge on any atom is -0.464 e. The molecule has 3 aromatic carbocycles. The molecule has 56 heavy (non-hydrogen) atoms. The number of amides is 3. The summed E-state index contributed by atoms with van der Waals surface area (Å²) in [4.78, 5) is 59.1. The number of nitrogens with one attached hydrogen (secondary N) is 2. The van der Waals surface area contributed by atoms with Crippen LogP contribution in [-0.4, -0.2) is 43.4 Å². The van der Waals surface area contributed by atoms with Crippen molar-refractivity contribution in [3.05, 3.63) is 118 Å². The number of benzene rings is 3. The number of fused-ring (bicyclic) bond motifs is 3. The number of hydrogen-bond donors (Lipinski definition) is 2. The fraction of sp³-hybridized carbons (Fsp3) is 0.205. The SMILES string of the molecule is CC(C)c1cc(-c2cccc3cc(-c4ccc(C(=O)NCC#Cc5cc6c(C7CCC(=O)NC7=O)coc6cc5C#N)nc4)ncc23)cc2c1n(C)c(=O)n2C. The molecule has 1 aliphatic rings. The molecule has 2 N–H and O–H groups in total. The molecule has 12 heteroatoms. The Kier molecular flexibility index (Phi) is 9.03. The smallest absolute Gasteiger partial charge is 0.328 e. The zero-order valence-corrected chi connectivity index (χ0v) is 31.1. The van der Waals surface area contributed by atoms with Gasteiger partial charge >= 0.3 is 5.69 Å². The summed E-state index contributed by atoms with van der Waals surface area (Å²) in [6.45, 7) is 4.26. The summed E-state index contributed by atoms with van der Waals surface area (Å²) in [5.41, 5.74) is 8.30. The third kappa shape index (κ3) is 6.27. The molecule has 1 atom stereocenters. The number of carbonyl (C=O) groups is 3. The molecule has 276 valence electrons. The van der Waals surface area contributed by atoms with E-state index in [0.29, 0.717) is 39.8 Å². The van der Waals surface area contributed by atoms with Gasteiger partial charge in [0.1, 0.15) is 17.3 Å². The molecular weight excluding hydrogens is 707 g/mol. The molecule has 1 unspecified atom stereocenters. The zero-order valence-electron chi connectivity index (χ0n) is 31.1. The number of rotatable bonds is 6. The largest absolute Gasteiger partial charge is 0.464 e.